The van der Waals surface area contributed by atoms with Gasteiger partial charge in [-0.05, 0) is 52.7 Å². The molecule has 2 N–H and O–H groups in total. The van der Waals surface area contributed by atoms with Gasteiger partial charge in [0.15, 0.2) is 5.82 Å². The van der Waals surface area contributed by atoms with Crippen LogP contribution >= 0.6 is 11.8 Å². The van der Waals surface area contributed by atoms with E-state index in [4.69, 9.17) is 4.52 Å². The molecule has 146 valence electrons. The van der Waals surface area contributed by atoms with E-state index < -0.39 is 0 Å². The van der Waals surface area contributed by atoms with Crippen molar-refractivity contribution in [3.8, 4) is 0 Å². The fourth-order valence-electron chi connectivity index (χ4n) is 2.87. The molecule has 1 fully saturated rings. The van der Waals surface area contributed by atoms with Gasteiger partial charge in [0.2, 0.25) is 11.8 Å². The average Bonchev–Trinajstić information content (AvgIpc) is 2.86. The van der Waals surface area contributed by atoms with Crippen LogP contribution in [0.4, 0.5) is 5.82 Å². The lowest BCUT2D eigenvalue weighted by molar-refractivity contribution is -0.118. The molecule has 2 amide bonds. The Labute approximate surface area is 159 Å². The molecule has 1 saturated heterocycles. The van der Waals surface area contributed by atoms with Crippen molar-refractivity contribution in [2.45, 2.75) is 51.2 Å². The maximum atomic E-state index is 12.0. The van der Waals surface area contributed by atoms with Gasteiger partial charge in [0, 0.05) is 12.6 Å². The first-order chi connectivity index (χ1) is 12.5. The standard InChI is InChI=1S/C18H30N4O3S/c1-14-12-16(21-25-14)20-18(24)15(2)26-13-17(23)19-8-7-11-22-9-5-3-4-6-10-22/h12,15H,3-11,13H2,1-2H3,(H,19,23)(H,20,21,24). The van der Waals surface area contributed by atoms with Crippen molar-refractivity contribution >= 4 is 29.4 Å². The van der Waals surface area contributed by atoms with E-state index in [-0.39, 0.29) is 22.8 Å². The predicted octanol–water partition coefficient (Wildman–Crippen LogP) is 2.43. The quantitative estimate of drug-likeness (QED) is 0.638. The molecule has 2 rings (SSSR count). The summed E-state index contributed by atoms with van der Waals surface area (Å²) in [5, 5.41) is 9.01. The number of aromatic nitrogens is 1. The highest BCUT2D eigenvalue weighted by Gasteiger charge is 2.16. The molecular weight excluding hydrogens is 352 g/mol. The molecule has 1 aromatic heterocycles. The zero-order valence-electron chi connectivity index (χ0n) is 15.8. The zero-order valence-corrected chi connectivity index (χ0v) is 16.6. The van der Waals surface area contributed by atoms with E-state index in [0.29, 0.717) is 18.1 Å². The largest absolute Gasteiger partial charge is 0.360 e. The van der Waals surface area contributed by atoms with Crippen molar-refractivity contribution in [1.82, 2.24) is 15.4 Å². The molecule has 0 saturated carbocycles. The number of amides is 2. The van der Waals surface area contributed by atoms with Gasteiger partial charge in [-0.3, -0.25) is 9.59 Å². The second-order valence-corrected chi connectivity index (χ2v) is 8.05. The highest BCUT2D eigenvalue weighted by Crippen LogP contribution is 2.14. The van der Waals surface area contributed by atoms with Gasteiger partial charge >= 0.3 is 0 Å². The molecule has 1 atom stereocenters. The molecule has 1 aliphatic heterocycles. The van der Waals surface area contributed by atoms with Crippen LogP contribution in [-0.2, 0) is 9.59 Å². The Morgan fingerprint density at radius 3 is 2.69 bits per heavy atom. The lowest BCUT2D eigenvalue weighted by atomic mass is 10.2. The minimum Gasteiger partial charge on any atom is -0.360 e. The third-order valence-corrected chi connectivity index (χ3v) is 5.53. The minimum absolute atomic E-state index is 0.0252. The summed E-state index contributed by atoms with van der Waals surface area (Å²) in [4.78, 5) is 26.5. The van der Waals surface area contributed by atoms with Crippen molar-refractivity contribution in [2.24, 2.45) is 0 Å². The molecule has 1 aromatic rings. The number of carbonyl (C=O) groups is 2. The van der Waals surface area contributed by atoms with Crippen LogP contribution in [0, 0.1) is 6.92 Å². The van der Waals surface area contributed by atoms with Gasteiger partial charge in [0.05, 0.1) is 11.0 Å². The third kappa shape index (κ3) is 7.78. The maximum absolute atomic E-state index is 12.0. The Morgan fingerprint density at radius 1 is 1.31 bits per heavy atom. The number of hydrogen-bond donors (Lipinski definition) is 2. The fourth-order valence-corrected chi connectivity index (χ4v) is 3.58. The first-order valence-electron chi connectivity index (χ1n) is 9.39. The number of hydrogen-bond acceptors (Lipinski definition) is 6. The molecule has 0 aromatic carbocycles. The molecule has 8 heteroatoms. The van der Waals surface area contributed by atoms with E-state index in [1.54, 1.807) is 19.9 Å². The second-order valence-electron chi connectivity index (χ2n) is 6.72. The number of likely N-dealkylation sites (tertiary alicyclic amines) is 1. The van der Waals surface area contributed by atoms with Crippen molar-refractivity contribution in [2.75, 3.05) is 37.2 Å². The number of nitrogens with zero attached hydrogens (tertiary/aromatic N) is 2. The Hall–Kier alpha value is -1.54. The van der Waals surface area contributed by atoms with Gasteiger partial charge in [-0.15, -0.1) is 11.8 Å². The first kappa shape index (κ1) is 20.8. The zero-order chi connectivity index (χ0) is 18.8. The average molecular weight is 383 g/mol. The van der Waals surface area contributed by atoms with Crippen LogP contribution in [0.2, 0.25) is 0 Å². The minimum atomic E-state index is -0.338. The van der Waals surface area contributed by atoms with Gasteiger partial charge in [0.1, 0.15) is 5.76 Å². The van der Waals surface area contributed by atoms with E-state index in [9.17, 15) is 9.59 Å². The highest BCUT2D eigenvalue weighted by molar-refractivity contribution is 8.01. The number of aryl methyl sites for hydroxylation is 1. The normalized spacial score (nSPS) is 16.7. The monoisotopic (exact) mass is 382 g/mol. The van der Waals surface area contributed by atoms with E-state index in [1.165, 1.54) is 50.5 Å². The number of rotatable bonds is 9. The van der Waals surface area contributed by atoms with Gasteiger partial charge in [0.25, 0.3) is 0 Å². The summed E-state index contributed by atoms with van der Waals surface area (Å²) >= 11 is 1.31. The van der Waals surface area contributed by atoms with Gasteiger partial charge < -0.3 is 20.1 Å². The van der Waals surface area contributed by atoms with E-state index in [2.05, 4.69) is 20.7 Å². The highest BCUT2D eigenvalue weighted by atomic mass is 32.2. The van der Waals surface area contributed by atoms with Gasteiger partial charge in [-0.2, -0.15) is 0 Å². The third-order valence-electron chi connectivity index (χ3n) is 4.38. The molecule has 0 spiro atoms. The van der Waals surface area contributed by atoms with E-state index in [0.717, 1.165) is 13.0 Å². The van der Waals surface area contributed by atoms with Crippen LogP contribution in [0.3, 0.4) is 0 Å². The van der Waals surface area contributed by atoms with Crippen molar-refractivity contribution in [1.29, 1.82) is 0 Å². The van der Waals surface area contributed by atoms with Crippen LogP contribution in [-0.4, -0.2) is 59.1 Å². The molecule has 7 nitrogen and oxygen atoms in total. The molecule has 1 aliphatic rings. The molecular formula is C18H30N4O3S. The van der Waals surface area contributed by atoms with E-state index in [1.807, 2.05) is 0 Å². The topological polar surface area (TPSA) is 87.5 Å². The summed E-state index contributed by atoms with van der Waals surface area (Å²) < 4.78 is 4.91. The van der Waals surface area contributed by atoms with Crippen molar-refractivity contribution < 1.29 is 14.1 Å². The SMILES string of the molecule is Cc1cc(NC(=O)C(C)SCC(=O)NCCCN2CCCCCC2)no1. The van der Waals surface area contributed by atoms with Gasteiger partial charge in [-0.1, -0.05) is 18.0 Å². The summed E-state index contributed by atoms with van der Waals surface area (Å²) in [5.74, 6) is 1.11. The van der Waals surface area contributed by atoms with Crippen molar-refractivity contribution in [3.05, 3.63) is 11.8 Å². The Bertz CT molecular complexity index is 571. The summed E-state index contributed by atoms with van der Waals surface area (Å²) in [5.41, 5.74) is 0. The van der Waals surface area contributed by atoms with Crippen LogP contribution in [0.25, 0.3) is 0 Å². The van der Waals surface area contributed by atoms with Crippen LogP contribution in [0.1, 0.15) is 44.8 Å². The Balaban J connectivity index is 1.55. The fraction of sp³-hybridized carbons (Fsp3) is 0.722. The second kappa shape index (κ2) is 11.2. The molecule has 0 aliphatic carbocycles. The number of thioether (sulfide) groups is 1. The summed E-state index contributed by atoms with van der Waals surface area (Å²) in [7, 11) is 0. The smallest absolute Gasteiger partial charge is 0.238 e. The molecule has 1 unspecified atom stereocenters. The summed E-state index contributed by atoms with van der Waals surface area (Å²) in [6.07, 6.45) is 6.23. The Kier molecular flexibility index (Phi) is 8.97. The Morgan fingerprint density at radius 2 is 2.04 bits per heavy atom. The maximum Gasteiger partial charge on any atom is 0.238 e. The van der Waals surface area contributed by atoms with Crippen LogP contribution in [0.5, 0.6) is 0 Å². The van der Waals surface area contributed by atoms with Crippen molar-refractivity contribution in [3.63, 3.8) is 0 Å². The number of anilines is 1. The first-order valence-corrected chi connectivity index (χ1v) is 10.4. The summed E-state index contributed by atoms with van der Waals surface area (Å²) in [6, 6.07) is 1.66. The molecule has 0 bridgehead atoms. The lowest BCUT2D eigenvalue weighted by Gasteiger charge is -2.19. The molecule has 26 heavy (non-hydrogen) atoms. The van der Waals surface area contributed by atoms with E-state index >= 15 is 0 Å². The molecule has 0 radical (unpaired) electrons. The van der Waals surface area contributed by atoms with Gasteiger partial charge in [-0.25, -0.2) is 0 Å². The molecule has 2 heterocycles. The predicted molar refractivity (Wildman–Crippen MR) is 104 cm³/mol. The summed E-state index contributed by atoms with van der Waals surface area (Å²) in [6.45, 7) is 7.64. The number of carbonyl (C=O) groups excluding carboxylic acids is 2. The lowest BCUT2D eigenvalue weighted by Crippen LogP contribution is -2.32. The van der Waals surface area contributed by atoms with Crippen LogP contribution < -0.4 is 10.6 Å². The van der Waals surface area contributed by atoms with Crippen LogP contribution in [0.15, 0.2) is 10.6 Å². The number of nitrogens with one attached hydrogen (secondary N) is 2.